The molecule has 6 heterocycles. The van der Waals surface area contributed by atoms with Crippen LogP contribution in [-0.4, -0.2) is 148 Å². The third-order valence-corrected chi connectivity index (χ3v) is 13.9. The summed E-state index contributed by atoms with van der Waals surface area (Å²) in [5.74, 6) is -3.97. The Kier molecular flexibility index (Phi) is 14.7. The number of allylic oxidation sites excluding steroid dienone is 3. The van der Waals surface area contributed by atoms with Crippen LogP contribution < -0.4 is 0 Å². The van der Waals surface area contributed by atoms with E-state index < -0.39 is 87.1 Å². The fraction of sp³-hybridized carbons (Fsp3) is 0.708. The SMILES string of the molecule is C=CCC1=C(C)[C@]2(C(=O)OC)CO[C@@H](C(C)(C)C)N2C1=O.C=CC[C@@H]1C(=O)N2[C@H](C(C)(C)C)OC[C@@]2(C(=O)OC)[C@@]1(C)O.C=CC[C@H]1C(=O)N2[C@H](C(C)(C)C)OC[C@@]2(C(=O)OC)[C@]1(C)O. The number of hydrogen-bond acceptors (Lipinski definition) is 14. The average Bonchev–Trinajstić information content (AvgIpc) is 4.03. The molecule has 5 saturated heterocycles. The van der Waals surface area contributed by atoms with Crippen LogP contribution in [0.3, 0.4) is 0 Å². The highest BCUT2D eigenvalue weighted by Gasteiger charge is 2.76. The second kappa shape index (κ2) is 18.0. The molecule has 0 saturated carbocycles. The van der Waals surface area contributed by atoms with Crippen LogP contribution in [0.4, 0.5) is 0 Å². The minimum absolute atomic E-state index is 0.0754. The van der Waals surface area contributed by atoms with Crippen LogP contribution in [0.2, 0.25) is 0 Å². The molecule has 3 amide bonds. The molecule has 0 radical (unpaired) electrons. The number of carbonyl (C=O) groups is 6. The van der Waals surface area contributed by atoms with Crippen molar-refractivity contribution in [2.24, 2.45) is 28.1 Å². The number of aliphatic hydroxyl groups is 2. The second-order valence-corrected chi connectivity index (χ2v) is 21.3. The van der Waals surface area contributed by atoms with Crippen LogP contribution in [-0.2, 0) is 57.2 Å². The van der Waals surface area contributed by atoms with Gasteiger partial charge in [0.15, 0.2) is 16.6 Å². The van der Waals surface area contributed by atoms with Crippen molar-refractivity contribution in [3.05, 3.63) is 49.1 Å². The van der Waals surface area contributed by atoms with Crippen molar-refractivity contribution in [1.29, 1.82) is 0 Å². The molecule has 364 valence electrons. The predicted molar refractivity (Wildman–Crippen MR) is 238 cm³/mol. The Hall–Kier alpha value is -4.42. The fourth-order valence-corrected chi connectivity index (χ4v) is 10.4. The van der Waals surface area contributed by atoms with Crippen molar-refractivity contribution >= 4 is 35.6 Å². The maximum atomic E-state index is 12.9. The Morgan fingerprint density at radius 2 is 0.969 bits per heavy atom. The van der Waals surface area contributed by atoms with Gasteiger partial charge in [0.05, 0.1) is 53.0 Å². The van der Waals surface area contributed by atoms with Gasteiger partial charge in [-0.1, -0.05) is 80.5 Å². The molecule has 0 aromatic heterocycles. The maximum absolute atomic E-state index is 12.9. The monoisotopic (exact) mass is 916 g/mol. The second-order valence-electron chi connectivity index (χ2n) is 21.3. The Labute approximate surface area is 384 Å². The van der Waals surface area contributed by atoms with E-state index in [2.05, 4.69) is 19.7 Å². The molecule has 0 spiro atoms. The zero-order valence-electron chi connectivity index (χ0n) is 41.1. The van der Waals surface area contributed by atoms with Crippen molar-refractivity contribution in [3.8, 4) is 0 Å². The highest BCUT2D eigenvalue weighted by atomic mass is 16.6. The largest absolute Gasteiger partial charge is 0.467 e. The molecule has 17 nitrogen and oxygen atoms in total. The molecule has 2 N–H and O–H groups in total. The zero-order valence-corrected chi connectivity index (χ0v) is 41.1. The van der Waals surface area contributed by atoms with Gasteiger partial charge in [0.25, 0.3) is 5.91 Å². The lowest BCUT2D eigenvalue weighted by Crippen LogP contribution is -2.64. The van der Waals surface area contributed by atoms with E-state index in [1.165, 1.54) is 45.0 Å². The average molecular weight is 916 g/mol. The topological polar surface area (TPSA) is 208 Å². The quantitative estimate of drug-likeness (QED) is 0.189. The number of ether oxygens (including phenoxy) is 6. The van der Waals surface area contributed by atoms with Gasteiger partial charge in [-0.25, -0.2) is 14.4 Å². The Bertz CT molecular complexity index is 1890. The van der Waals surface area contributed by atoms with Gasteiger partial charge >= 0.3 is 17.9 Å². The van der Waals surface area contributed by atoms with E-state index in [4.69, 9.17) is 28.4 Å². The summed E-state index contributed by atoms with van der Waals surface area (Å²) in [7, 11) is 3.84. The first-order valence-corrected chi connectivity index (χ1v) is 21.9. The molecule has 6 rings (SSSR count). The summed E-state index contributed by atoms with van der Waals surface area (Å²) >= 11 is 0. The predicted octanol–water partition coefficient (Wildman–Crippen LogP) is 4.21. The lowest BCUT2D eigenvalue weighted by molar-refractivity contribution is -0.168. The summed E-state index contributed by atoms with van der Waals surface area (Å²) in [6, 6.07) is 0. The Balaban J connectivity index is 0.000000213. The fourth-order valence-electron chi connectivity index (χ4n) is 10.4. The number of amides is 3. The summed E-state index contributed by atoms with van der Waals surface area (Å²) < 4.78 is 32.1. The molecule has 0 aliphatic carbocycles. The van der Waals surface area contributed by atoms with Gasteiger partial charge in [0.2, 0.25) is 11.8 Å². The van der Waals surface area contributed by atoms with Gasteiger partial charge in [0.1, 0.15) is 29.9 Å². The number of esters is 3. The van der Waals surface area contributed by atoms with Gasteiger partial charge in [-0.15, -0.1) is 19.7 Å². The van der Waals surface area contributed by atoms with E-state index in [1.54, 1.807) is 23.1 Å². The normalized spacial score (nSPS) is 35.1. The van der Waals surface area contributed by atoms with E-state index in [0.717, 1.165) is 0 Å². The van der Waals surface area contributed by atoms with Gasteiger partial charge in [-0.2, -0.15) is 0 Å². The van der Waals surface area contributed by atoms with Crippen molar-refractivity contribution < 1.29 is 67.4 Å². The molecule has 0 bridgehead atoms. The van der Waals surface area contributed by atoms with Gasteiger partial charge in [-0.3, -0.25) is 29.1 Å². The first kappa shape index (κ1) is 53.2. The third kappa shape index (κ3) is 7.86. The minimum Gasteiger partial charge on any atom is -0.467 e. The molecule has 10 atom stereocenters. The molecule has 0 aromatic rings. The summed E-state index contributed by atoms with van der Waals surface area (Å²) in [6.07, 6.45) is 4.21. The highest BCUT2D eigenvalue weighted by molar-refractivity contribution is 6.06. The first-order valence-electron chi connectivity index (χ1n) is 21.9. The van der Waals surface area contributed by atoms with Crippen molar-refractivity contribution in [2.45, 2.75) is 149 Å². The lowest BCUT2D eigenvalue weighted by atomic mass is 9.75. The molecule has 17 heteroatoms. The molecule has 0 aromatic carbocycles. The first-order chi connectivity index (χ1) is 29.8. The van der Waals surface area contributed by atoms with Crippen LogP contribution in [0.25, 0.3) is 0 Å². The number of methoxy groups -OCH3 is 3. The number of nitrogens with zero attached hydrogens (tertiary/aromatic N) is 3. The lowest BCUT2D eigenvalue weighted by Gasteiger charge is -2.40. The molecule has 5 fully saturated rings. The van der Waals surface area contributed by atoms with Crippen LogP contribution in [0.1, 0.15) is 102 Å². The third-order valence-electron chi connectivity index (χ3n) is 13.9. The smallest absolute Gasteiger partial charge is 0.338 e. The standard InChI is InChI=1S/2C16H25NO5.C16H23NO4/c2*1-7-8-10-11(18)17-12(14(2,3)4)22-9-16(17,13(19)21-6)15(10,5)20;1-7-8-11-10(2)16(14(19)20-6)9-21-13(15(3,4)5)17(16)12(11)18/h2*7,10,12,20H,1,8-9H2,2-6H3;7,13H,1,8-9H2,2-6H3/t10-,12+,15+,16-;10-,12-,15+,16+;13-,16-/m100/s1. The Morgan fingerprint density at radius 1 is 0.631 bits per heavy atom. The van der Waals surface area contributed by atoms with E-state index in [-0.39, 0.29) is 55.8 Å². The van der Waals surface area contributed by atoms with E-state index in [9.17, 15) is 39.0 Å². The van der Waals surface area contributed by atoms with Gasteiger partial charge in [-0.05, 0) is 45.6 Å². The summed E-state index contributed by atoms with van der Waals surface area (Å²) in [6.45, 7) is 33.3. The highest BCUT2D eigenvalue weighted by Crippen LogP contribution is 2.55. The molecular weight excluding hydrogens is 843 g/mol. The number of carbonyl (C=O) groups excluding carboxylic acids is 6. The molecule has 0 unspecified atom stereocenters. The number of rotatable bonds is 9. The molecule has 65 heavy (non-hydrogen) atoms. The van der Waals surface area contributed by atoms with Crippen LogP contribution in [0, 0.1) is 28.1 Å². The van der Waals surface area contributed by atoms with E-state index in [1.807, 2.05) is 69.2 Å². The van der Waals surface area contributed by atoms with Gasteiger partial charge in [0, 0.05) is 21.8 Å². The minimum atomic E-state index is -1.59. The Morgan fingerprint density at radius 3 is 1.28 bits per heavy atom. The van der Waals surface area contributed by atoms with Crippen molar-refractivity contribution in [1.82, 2.24) is 14.7 Å². The van der Waals surface area contributed by atoms with Crippen molar-refractivity contribution in [3.63, 3.8) is 0 Å². The summed E-state index contributed by atoms with van der Waals surface area (Å²) in [5.41, 5.74) is -7.09. The molecular formula is C48H73N3O14. The molecule has 6 aliphatic rings. The van der Waals surface area contributed by atoms with Crippen LogP contribution >= 0.6 is 0 Å². The van der Waals surface area contributed by atoms with Crippen molar-refractivity contribution in [2.75, 3.05) is 41.2 Å². The van der Waals surface area contributed by atoms with E-state index >= 15 is 0 Å². The molecule has 6 aliphatic heterocycles. The maximum Gasteiger partial charge on any atom is 0.338 e. The number of hydrogen-bond donors (Lipinski definition) is 2. The van der Waals surface area contributed by atoms with Crippen LogP contribution in [0.15, 0.2) is 49.1 Å². The summed E-state index contributed by atoms with van der Waals surface area (Å²) in [4.78, 5) is 80.4. The van der Waals surface area contributed by atoms with E-state index in [0.29, 0.717) is 17.6 Å². The van der Waals surface area contributed by atoms with Crippen LogP contribution in [0.5, 0.6) is 0 Å². The van der Waals surface area contributed by atoms with Gasteiger partial charge < -0.3 is 38.6 Å². The number of fused-ring (bicyclic) bond motifs is 3. The summed E-state index contributed by atoms with van der Waals surface area (Å²) in [5, 5.41) is 22.1. The zero-order chi connectivity index (χ0) is 49.8.